The molecule has 25 heavy (non-hydrogen) atoms. The summed E-state index contributed by atoms with van der Waals surface area (Å²) in [6, 6.07) is 3.59. The number of aromatic nitrogens is 1. The number of methoxy groups -OCH3 is 3. The van der Waals surface area contributed by atoms with Crippen LogP contribution in [0.4, 0.5) is 0 Å². The molecule has 0 saturated carbocycles. The highest BCUT2D eigenvalue weighted by atomic mass is 32.1. The van der Waals surface area contributed by atoms with Gasteiger partial charge in [0.1, 0.15) is 6.54 Å². The average molecular weight is 366 g/mol. The van der Waals surface area contributed by atoms with Crippen LogP contribution in [0.25, 0.3) is 0 Å². The van der Waals surface area contributed by atoms with Gasteiger partial charge in [-0.1, -0.05) is 11.3 Å². The second kappa shape index (κ2) is 8.06. The summed E-state index contributed by atoms with van der Waals surface area (Å²) in [4.78, 5) is 25.7. The molecule has 0 atom stereocenters. The van der Waals surface area contributed by atoms with E-state index in [0.29, 0.717) is 23.8 Å². The molecule has 0 spiro atoms. The molecule has 0 radical (unpaired) electrons. The maximum atomic E-state index is 12.5. The first-order valence-corrected chi connectivity index (χ1v) is 8.47. The summed E-state index contributed by atoms with van der Waals surface area (Å²) in [5, 5.41) is 1.74. The zero-order chi connectivity index (χ0) is 18.6. The van der Waals surface area contributed by atoms with E-state index in [1.807, 2.05) is 13.0 Å². The average Bonchev–Trinajstić information content (AvgIpc) is 2.92. The van der Waals surface area contributed by atoms with E-state index in [4.69, 9.17) is 14.2 Å². The molecule has 0 N–H and O–H groups in total. The Kier molecular flexibility index (Phi) is 6.08. The topological polar surface area (TPSA) is 70.0 Å². The molecule has 7 nitrogen and oxygen atoms in total. The highest BCUT2D eigenvalue weighted by molar-refractivity contribution is 7.07. The van der Waals surface area contributed by atoms with E-state index in [1.54, 1.807) is 30.5 Å². The number of aryl methyl sites for hydroxylation is 1. The fourth-order valence-electron chi connectivity index (χ4n) is 2.48. The Morgan fingerprint density at radius 1 is 1.16 bits per heavy atom. The largest absolute Gasteiger partial charge is 0.493 e. The predicted molar refractivity (Wildman–Crippen MR) is 95.9 cm³/mol. The van der Waals surface area contributed by atoms with Gasteiger partial charge in [0.2, 0.25) is 11.7 Å². The Hall–Kier alpha value is -2.48. The van der Waals surface area contributed by atoms with Crippen LogP contribution in [-0.2, 0) is 17.9 Å². The van der Waals surface area contributed by atoms with E-state index < -0.39 is 0 Å². The van der Waals surface area contributed by atoms with Gasteiger partial charge in [0.15, 0.2) is 11.5 Å². The molecule has 0 aliphatic heterocycles. The van der Waals surface area contributed by atoms with Crippen LogP contribution in [0.3, 0.4) is 0 Å². The molecule has 2 rings (SSSR count). The third kappa shape index (κ3) is 3.96. The van der Waals surface area contributed by atoms with Gasteiger partial charge >= 0.3 is 4.87 Å². The lowest BCUT2D eigenvalue weighted by Gasteiger charge is -2.21. The summed E-state index contributed by atoms with van der Waals surface area (Å²) < 4.78 is 17.5. The van der Waals surface area contributed by atoms with Crippen LogP contribution in [-0.4, -0.2) is 43.8 Å². The lowest BCUT2D eigenvalue weighted by atomic mass is 10.1. The molecule has 1 aromatic carbocycles. The standard InChI is InChI=1S/C17H22N2O5S/c1-11-10-25-17(21)19(11)9-14(20)18(2)8-12-6-7-13(22-3)16(24-5)15(12)23-4/h6-7,10H,8-9H2,1-5H3. The summed E-state index contributed by atoms with van der Waals surface area (Å²) in [5.74, 6) is 1.39. The van der Waals surface area contributed by atoms with E-state index in [-0.39, 0.29) is 17.3 Å². The molecule has 136 valence electrons. The number of amides is 1. The zero-order valence-corrected chi connectivity index (χ0v) is 15.8. The number of thiazole rings is 1. The van der Waals surface area contributed by atoms with Crippen molar-refractivity contribution >= 4 is 17.2 Å². The summed E-state index contributed by atoms with van der Waals surface area (Å²) in [5.41, 5.74) is 1.56. The number of ether oxygens (including phenoxy) is 3. The Morgan fingerprint density at radius 3 is 2.36 bits per heavy atom. The molecular weight excluding hydrogens is 344 g/mol. The number of nitrogens with zero attached hydrogens (tertiary/aromatic N) is 2. The van der Waals surface area contributed by atoms with Gasteiger partial charge in [-0.25, -0.2) is 0 Å². The molecule has 0 saturated heterocycles. The maximum Gasteiger partial charge on any atom is 0.307 e. The second-order valence-corrected chi connectivity index (χ2v) is 6.29. The predicted octanol–water partition coefficient (Wildman–Crippen LogP) is 1.90. The smallest absolute Gasteiger partial charge is 0.307 e. The van der Waals surface area contributed by atoms with Crippen molar-refractivity contribution in [1.82, 2.24) is 9.47 Å². The molecule has 0 aliphatic carbocycles. The molecule has 0 bridgehead atoms. The number of carbonyl (C=O) groups is 1. The van der Waals surface area contributed by atoms with E-state index in [9.17, 15) is 9.59 Å². The Bertz CT molecular complexity index is 812. The highest BCUT2D eigenvalue weighted by Gasteiger charge is 2.19. The molecule has 0 fully saturated rings. The van der Waals surface area contributed by atoms with Crippen molar-refractivity contribution in [1.29, 1.82) is 0 Å². The lowest BCUT2D eigenvalue weighted by molar-refractivity contribution is -0.131. The van der Waals surface area contributed by atoms with E-state index >= 15 is 0 Å². The van der Waals surface area contributed by atoms with Gasteiger partial charge in [0.05, 0.1) is 21.3 Å². The molecule has 1 aromatic heterocycles. The zero-order valence-electron chi connectivity index (χ0n) is 15.0. The maximum absolute atomic E-state index is 12.5. The third-order valence-electron chi connectivity index (χ3n) is 3.89. The van der Waals surface area contributed by atoms with E-state index in [2.05, 4.69) is 0 Å². The van der Waals surface area contributed by atoms with Crippen molar-refractivity contribution in [2.75, 3.05) is 28.4 Å². The van der Waals surface area contributed by atoms with Crippen molar-refractivity contribution in [2.24, 2.45) is 0 Å². The van der Waals surface area contributed by atoms with Crippen LogP contribution in [0.1, 0.15) is 11.3 Å². The Balaban J connectivity index is 2.21. The van der Waals surface area contributed by atoms with Crippen molar-refractivity contribution < 1.29 is 19.0 Å². The quantitative estimate of drug-likeness (QED) is 0.749. The van der Waals surface area contributed by atoms with Crippen LogP contribution in [0.5, 0.6) is 17.2 Å². The number of hydrogen-bond acceptors (Lipinski definition) is 6. The number of rotatable bonds is 7. The number of carbonyl (C=O) groups excluding carboxylic acids is 1. The second-order valence-electron chi connectivity index (χ2n) is 5.47. The Labute approximate surface area is 150 Å². The van der Waals surface area contributed by atoms with Crippen LogP contribution in [0.15, 0.2) is 22.3 Å². The van der Waals surface area contributed by atoms with E-state index in [0.717, 1.165) is 22.6 Å². The summed E-state index contributed by atoms with van der Waals surface area (Å²) >= 11 is 1.09. The molecule has 1 amide bonds. The van der Waals surface area contributed by atoms with Gasteiger partial charge in [-0.3, -0.25) is 14.2 Å². The fourth-order valence-corrected chi connectivity index (χ4v) is 3.22. The summed E-state index contributed by atoms with van der Waals surface area (Å²) in [7, 11) is 6.31. The molecule has 0 aliphatic rings. The normalized spacial score (nSPS) is 10.4. The van der Waals surface area contributed by atoms with Gasteiger partial charge in [-0.2, -0.15) is 0 Å². The number of hydrogen-bond donors (Lipinski definition) is 0. The van der Waals surface area contributed by atoms with Gasteiger partial charge in [-0.05, 0) is 19.1 Å². The molecule has 0 unspecified atom stereocenters. The molecule has 8 heteroatoms. The van der Waals surface area contributed by atoms with Crippen molar-refractivity contribution in [3.05, 3.63) is 38.4 Å². The Morgan fingerprint density at radius 2 is 1.84 bits per heavy atom. The minimum absolute atomic E-state index is 0.0142. The van der Waals surface area contributed by atoms with Gasteiger partial charge in [0, 0.05) is 30.2 Å². The van der Waals surface area contributed by atoms with Crippen LogP contribution < -0.4 is 19.1 Å². The first-order valence-electron chi connectivity index (χ1n) is 7.59. The molecule has 2 aromatic rings. The van der Waals surface area contributed by atoms with Gasteiger partial charge in [-0.15, -0.1) is 0 Å². The van der Waals surface area contributed by atoms with Crippen molar-refractivity contribution in [3.63, 3.8) is 0 Å². The summed E-state index contributed by atoms with van der Waals surface area (Å²) in [6.07, 6.45) is 0. The molecular formula is C17H22N2O5S. The van der Waals surface area contributed by atoms with E-state index in [1.165, 1.54) is 18.8 Å². The van der Waals surface area contributed by atoms with Gasteiger partial charge in [0.25, 0.3) is 0 Å². The molecule has 1 heterocycles. The van der Waals surface area contributed by atoms with Crippen molar-refractivity contribution in [3.8, 4) is 17.2 Å². The number of benzene rings is 1. The summed E-state index contributed by atoms with van der Waals surface area (Å²) in [6.45, 7) is 2.14. The highest BCUT2D eigenvalue weighted by Crippen LogP contribution is 2.40. The third-order valence-corrected chi connectivity index (χ3v) is 4.77. The van der Waals surface area contributed by atoms with Crippen LogP contribution >= 0.6 is 11.3 Å². The minimum Gasteiger partial charge on any atom is -0.493 e. The minimum atomic E-state index is -0.166. The first-order chi connectivity index (χ1) is 11.9. The monoisotopic (exact) mass is 366 g/mol. The number of likely N-dealkylation sites (N-methyl/N-ethyl adjacent to an activating group) is 1. The SMILES string of the molecule is COc1ccc(CN(C)C(=O)Cn2c(C)csc2=O)c(OC)c1OC. The van der Waals surface area contributed by atoms with Gasteiger partial charge < -0.3 is 19.1 Å². The van der Waals surface area contributed by atoms with Crippen LogP contribution in [0.2, 0.25) is 0 Å². The first kappa shape index (κ1) is 18.9. The fraction of sp³-hybridized carbons (Fsp3) is 0.412. The lowest BCUT2D eigenvalue weighted by Crippen LogP contribution is -2.32. The van der Waals surface area contributed by atoms with Crippen LogP contribution in [0, 0.1) is 6.92 Å². The van der Waals surface area contributed by atoms with Crippen molar-refractivity contribution in [2.45, 2.75) is 20.0 Å².